The van der Waals surface area contributed by atoms with Gasteiger partial charge in [0.1, 0.15) is 17.2 Å². The van der Waals surface area contributed by atoms with Crippen molar-refractivity contribution in [2.24, 2.45) is 0 Å². The van der Waals surface area contributed by atoms with Gasteiger partial charge < -0.3 is 30.7 Å². The van der Waals surface area contributed by atoms with Crippen LogP contribution in [0.5, 0.6) is 11.6 Å². The van der Waals surface area contributed by atoms with Gasteiger partial charge in [-0.3, -0.25) is 10.1 Å². The highest BCUT2D eigenvalue weighted by Gasteiger charge is 2.30. The molecule has 212 valence electrons. The third kappa shape index (κ3) is 7.30. The van der Waals surface area contributed by atoms with Gasteiger partial charge in [0.25, 0.3) is 0 Å². The van der Waals surface area contributed by atoms with E-state index in [1.165, 1.54) is 12.1 Å². The first kappa shape index (κ1) is 28.9. The zero-order valence-corrected chi connectivity index (χ0v) is 23.5. The van der Waals surface area contributed by atoms with E-state index in [2.05, 4.69) is 25.6 Å². The van der Waals surface area contributed by atoms with Crippen molar-refractivity contribution in [2.75, 3.05) is 36.0 Å². The number of ether oxygens (including phenoxy) is 2. The first-order valence-electron chi connectivity index (χ1n) is 12.3. The molecule has 0 aliphatic carbocycles. The van der Waals surface area contributed by atoms with Gasteiger partial charge in [-0.05, 0) is 45.0 Å². The number of carbonyl (C=O) groups excluding carboxylic acids is 1. The van der Waals surface area contributed by atoms with Crippen molar-refractivity contribution in [3.05, 3.63) is 61.7 Å². The van der Waals surface area contributed by atoms with Crippen molar-refractivity contribution >= 4 is 52.6 Å². The zero-order valence-electron chi connectivity index (χ0n) is 22.0. The largest absolute Gasteiger partial charge is 0.444 e. The quantitative estimate of drug-likeness (QED) is 0.177. The molecule has 15 heteroatoms. The molecular formula is C25H28Cl2N8O5. The predicted octanol–water partition coefficient (Wildman–Crippen LogP) is 5.28. The van der Waals surface area contributed by atoms with Crippen LogP contribution in [0.15, 0.2) is 30.3 Å². The van der Waals surface area contributed by atoms with Crippen LogP contribution in [-0.2, 0) is 17.7 Å². The maximum absolute atomic E-state index is 12.7. The van der Waals surface area contributed by atoms with Crippen LogP contribution in [0, 0.1) is 10.1 Å². The second-order valence-electron chi connectivity index (χ2n) is 9.82. The molecule has 0 radical (unpaired) electrons. The highest BCUT2D eigenvalue weighted by atomic mass is 35.5. The number of halogens is 2. The molecular weight excluding hydrogens is 563 g/mol. The van der Waals surface area contributed by atoms with E-state index in [0.717, 1.165) is 5.69 Å². The van der Waals surface area contributed by atoms with Crippen LogP contribution in [0.3, 0.4) is 0 Å². The Balaban J connectivity index is 1.51. The number of hydrogen-bond donors (Lipinski definition) is 3. The van der Waals surface area contributed by atoms with E-state index in [1.54, 1.807) is 23.1 Å². The molecule has 0 saturated heterocycles. The molecule has 4 N–H and O–H groups in total. The van der Waals surface area contributed by atoms with Crippen molar-refractivity contribution in [1.82, 2.24) is 19.9 Å². The highest BCUT2D eigenvalue weighted by molar-refractivity contribution is 6.35. The lowest BCUT2D eigenvalue weighted by Crippen LogP contribution is -2.40. The second-order valence-corrected chi connectivity index (χ2v) is 10.7. The van der Waals surface area contributed by atoms with Crippen molar-refractivity contribution in [3.63, 3.8) is 0 Å². The number of hydrogen-bond acceptors (Lipinski definition) is 11. The lowest BCUT2D eigenvalue weighted by atomic mass is 10.1. The predicted molar refractivity (Wildman–Crippen MR) is 151 cm³/mol. The summed E-state index contributed by atoms with van der Waals surface area (Å²) in [5, 5.41) is 17.9. The molecule has 0 atom stereocenters. The Morgan fingerprint density at radius 2 is 1.90 bits per heavy atom. The van der Waals surface area contributed by atoms with Gasteiger partial charge in [-0.1, -0.05) is 23.2 Å². The molecule has 0 spiro atoms. The molecule has 0 unspecified atom stereocenters. The average molecular weight is 591 g/mol. The van der Waals surface area contributed by atoms with Gasteiger partial charge in [0, 0.05) is 37.1 Å². The lowest BCUT2D eigenvalue weighted by molar-refractivity contribution is -0.384. The first-order valence-corrected chi connectivity index (χ1v) is 13.0. The van der Waals surface area contributed by atoms with E-state index in [1.807, 2.05) is 20.8 Å². The minimum atomic E-state index is -0.637. The number of aromatic nitrogens is 3. The molecule has 4 rings (SSSR count). The van der Waals surface area contributed by atoms with E-state index in [4.69, 9.17) is 38.4 Å². The Kier molecular flexibility index (Phi) is 8.64. The van der Waals surface area contributed by atoms with Gasteiger partial charge in [-0.2, -0.15) is 4.98 Å². The van der Waals surface area contributed by atoms with Crippen LogP contribution in [0.4, 0.5) is 28.1 Å². The fourth-order valence-corrected chi connectivity index (χ4v) is 4.22. The van der Waals surface area contributed by atoms with Crippen LogP contribution in [0.1, 0.15) is 32.0 Å². The number of nitrogens with one attached hydrogen (secondary N) is 2. The maximum Gasteiger partial charge on any atom is 0.410 e. The van der Waals surface area contributed by atoms with Crippen molar-refractivity contribution in [2.45, 2.75) is 39.3 Å². The summed E-state index contributed by atoms with van der Waals surface area (Å²) in [6.45, 7) is 6.79. The summed E-state index contributed by atoms with van der Waals surface area (Å²) in [5.74, 6) is 1.10. The van der Waals surface area contributed by atoms with E-state index in [9.17, 15) is 14.9 Å². The number of nitrogens with zero attached hydrogens (tertiary/aromatic N) is 5. The number of benzene rings is 1. The monoisotopic (exact) mass is 590 g/mol. The van der Waals surface area contributed by atoms with Gasteiger partial charge in [0.2, 0.25) is 17.6 Å². The topological polar surface area (TPSA) is 171 Å². The summed E-state index contributed by atoms with van der Waals surface area (Å²) in [4.78, 5) is 37.8. The molecule has 1 aliphatic heterocycles. The number of amides is 1. The average Bonchev–Trinajstić information content (AvgIpc) is 2.87. The Morgan fingerprint density at radius 1 is 1.15 bits per heavy atom. The Morgan fingerprint density at radius 3 is 2.58 bits per heavy atom. The van der Waals surface area contributed by atoms with Gasteiger partial charge in [0.15, 0.2) is 0 Å². The summed E-state index contributed by atoms with van der Waals surface area (Å²) in [5.41, 5.74) is 6.11. The number of nitro groups is 1. The number of rotatable bonds is 8. The molecule has 0 bridgehead atoms. The third-order valence-corrected chi connectivity index (χ3v) is 6.12. The van der Waals surface area contributed by atoms with Crippen LogP contribution < -0.4 is 21.1 Å². The fraction of sp³-hybridized carbons (Fsp3) is 0.360. The highest BCUT2D eigenvalue weighted by Crippen LogP contribution is 2.35. The fourth-order valence-electron chi connectivity index (χ4n) is 3.78. The Bertz CT molecular complexity index is 1430. The van der Waals surface area contributed by atoms with E-state index >= 15 is 0 Å². The summed E-state index contributed by atoms with van der Waals surface area (Å²) in [7, 11) is 0. The number of pyridine rings is 1. The van der Waals surface area contributed by atoms with Gasteiger partial charge in [-0.15, -0.1) is 0 Å². The normalized spacial score (nSPS) is 12.9. The summed E-state index contributed by atoms with van der Waals surface area (Å²) in [6.07, 6.45) is 0.0168. The summed E-state index contributed by atoms with van der Waals surface area (Å²) >= 11 is 12.4. The Hall–Kier alpha value is -4.10. The number of carbonyl (C=O) groups is 1. The van der Waals surface area contributed by atoms with Crippen LogP contribution >= 0.6 is 23.2 Å². The van der Waals surface area contributed by atoms with Crippen LogP contribution in [0.25, 0.3) is 0 Å². The minimum Gasteiger partial charge on any atom is -0.444 e. The number of anilines is 3. The van der Waals surface area contributed by atoms with Crippen LogP contribution in [0.2, 0.25) is 10.0 Å². The van der Waals surface area contributed by atoms with Crippen molar-refractivity contribution in [1.29, 1.82) is 0 Å². The number of nitrogen functional groups attached to an aromatic ring is 1. The van der Waals surface area contributed by atoms with Gasteiger partial charge in [-0.25, -0.2) is 14.8 Å². The summed E-state index contributed by atoms with van der Waals surface area (Å²) in [6, 6.07) is 7.60. The molecule has 2 aromatic heterocycles. The molecule has 1 aromatic carbocycles. The molecule has 40 heavy (non-hydrogen) atoms. The number of nitrogens with two attached hydrogens (primary N) is 1. The van der Waals surface area contributed by atoms with Crippen molar-refractivity contribution in [3.8, 4) is 11.6 Å². The van der Waals surface area contributed by atoms with Gasteiger partial charge >= 0.3 is 11.8 Å². The zero-order chi connectivity index (χ0) is 29.0. The van der Waals surface area contributed by atoms with Gasteiger partial charge in [0.05, 0.1) is 27.7 Å². The first-order chi connectivity index (χ1) is 18.9. The molecule has 13 nitrogen and oxygen atoms in total. The minimum absolute atomic E-state index is 0.177. The smallest absolute Gasteiger partial charge is 0.410 e. The molecule has 1 amide bonds. The van der Waals surface area contributed by atoms with E-state index in [-0.39, 0.29) is 23.9 Å². The molecule has 1 aliphatic rings. The SMILES string of the molecule is CC(C)(C)OC(=O)N1CCc2nc(NCCNc3ccc([N+](=O)[O-])c(N)n3)nc(Oc3ccc(Cl)cc3Cl)c2C1. The molecule has 3 aromatic rings. The van der Waals surface area contributed by atoms with E-state index in [0.29, 0.717) is 59.2 Å². The summed E-state index contributed by atoms with van der Waals surface area (Å²) < 4.78 is 11.6. The number of fused-ring (bicyclic) bond motifs is 1. The second kappa shape index (κ2) is 12.0. The van der Waals surface area contributed by atoms with Crippen LogP contribution in [-0.4, -0.2) is 56.1 Å². The maximum atomic E-state index is 12.7. The standard InChI is InChI=1S/C25H28Cl2N8O5/c1-25(2,3)40-24(36)34-11-8-17-15(13-34)22(39-19-6-4-14(26)12-16(19)27)33-23(31-17)30-10-9-29-20-7-5-18(35(37)38)21(28)32-20/h4-7,12H,8-11,13H2,1-3H3,(H3,28,29,32)(H,30,31,33). The molecule has 0 fully saturated rings. The molecule has 0 saturated carbocycles. The van der Waals surface area contributed by atoms with E-state index < -0.39 is 16.6 Å². The lowest BCUT2D eigenvalue weighted by Gasteiger charge is -2.31. The van der Waals surface area contributed by atoms with Crippen molar-refractivity contribution < 1.29 is 19.2 Å². The third-order valence-electron chi connectivity index (χ3n) is 5.59. The molecule has 3 heterocycles. The Labute approximate surface area is 240 Å².